The number of anilines is 1. The van der Waals surface area contributed by atoms with Crippen molar-refractivity contribution in [2.75, 3.05) is 5.73 Å². The van der Waals surface area contributed by atoms with Gasteiger partial charge in [-0.25, -0.2) is 15.0 Å². The Kier molecular flexibility index (Phi) is 7.22. The van der Waals surface area contributed by atoms with Crippen molar-refractivity contribution in [3.05, 3.63) is 94.9 Å². The number of rotatable bonds is 7. The number of hydrogen-bond acceptors (Lipinski definition) is 7. The number of nitrogens with one attached hydrogen (secondary N) is 1. The van der Waals surface area contributed by atoms with Crippen LogP contribution < -0.4 is 15.8 Å². The minimum Gasteiger partial charge on any atom is -0.424 e. The fourth-order valence-electron chi connectivity index (χ4n) is 4.13. The summed E-state index contributed by atoms with van der Waals surface area (Å²) >= 11 is 5.31. The van der Waals surface area contributed by atoms with Crippen LogP contribution in [0.25, 0.3) is 31.7 Å². The highest BCUT2D eigenvalue weighted by Gasteiger charge is 2.21. The molecule has 3 heterocycles. The van der Waals surface area contributed by atoms with Gasteiger partial charge in [-0.2, -0.15) is 0 Å². The van der Waals surface area contributed by atoms with E-state index in [1.54, 1.807) is 23.7 Å². The molecule has 190 valence electrons. The van der Waals surface area contributed by atoms with E-state index in [0.717, 1.165) is 52.9 Å². The quantitative estimate of drug-likeness (QED) is 0.200. The standard InChI is InChI=1S/C29H24BrN5O2S/c1-4-23(36)33-14-20-6-5-19(13-16(20)2)26-24(25-27(38-26)22(30)15-34-28(25)31)18-7-9-21(10-8-18)37-29-32-12-11-17(3)35-29/h4-13,15H,1,14H2,2-3H3,(H2,31,34)(H,33,36). The summed E-state index contributed by atoms with van der Waals surface area (Å²) in [6, 6.07) is 16.2. The predicted octanol–water partition coefficient (Wildman–Crippen LogP) is 6.98. The molecule has 0 radical (unpaired) electrons. The van der Waals surface area contributed by atoms with E-state index in [1.807, 2.05) is 50.2 Å². The Morgan fingerprint density at radius 1 is 1.13 bits per heavy atom. The molecule has 0 atom stereocenters. The van der Waals surface area contributed by atoms with Gasteiger partial charge in [0.2, 0.25) is 5.91 Å². The summed E-state index contributed by atoms with van der Waals surface area (Å²) in [5.74, 6) is 0.902. The third kappa shape index (κ3) is 5.16. The number of hydrogen-bond donors (Lipinski definition) is 2. The van der Waals surface area contributed by atoms with Crippen LogP contribution in [0.2, 0.25) is 0 Å². The zero-order valence-corrected chi connectivity index (χ0v) is 23.2. The number of nitrogens with two attached hydrogens (primary N) is 1. The van der Waals surface area contributed by atoms with Gasteiger partial charge in [0.05, 0.1) is 9.17 Å². The van der Waals surface area contributed by atoms with E-state index in [4.69, 9.17) is 10.5 Å². The second kappa shape index (κ2) is 10.7. The summed E-state index contributed by atoms with van der Waals surface area (Å²) in [4.78, 5) is 25.6. The lowest BCUT2D eigenvalue weighted by atomic mass is 9.97. The van der Waals surface area contributed by atoms with Gasteiger partial charge in [0.25, 0.3) is 0 Å². The van der Waals surface area contributed by atoms with Crippen molar-refractivity contribution in [2.45, 2.75) is 20.4 Å². The zero-order chi connectivity index (χ0) is 26.8. The second-order valence-electron chi connectivity index (χ2n) is 8.67. The summed E-state index contributed by atoms with van der Waals surface area (Å²) in [5, 5.41) is 3.74. The van der Waals surface area contributed by atoms with Crippen LogP contribution in [0.3, 0.4) is 0 Å². The molecule has 0 bridgehead atoms. The summed E-state index contributed by atoms with van der Waals surface area (Å²) in [6.07, 6.45) is 4.68. The summed E-state index contributed by atoms with van der Waals surface area (Å²) < 4.78 is 7.76. The van der Waals surface area contributed by atoms with Crippen LogP contribution in [0.4, 0.5) is 5.82 Å². The van der Waals surface area contributed by atoms with Gasteiger partial charge in [0.15, 0.2) is 0 Å². The van der Waals surface area contributed by atoms with Crippen LogP contribution in [0, 0.1) is 13.8 Å². The van der Waals surface area contributed by atoms with Crippen molar-refractivity contribution in [3.63, 3.8) is 0 Å². The van der Waals surface area contributed by atoms with E-state index in [1.165, 1.54) is 6.08 Å². The Hall–Kier alpha value is -4.08. The Morgan fingerprint density at radius 2 is 1.89 bits per heavy atom. The fraction of sp³-hybridized carbons (Fsp3) is 0.103. The van der Waals surface area contributed by atoms with Crippen LogP contribution in [-0.4, -0.2) is 20.9 Å². The lowest BCUT2D eigenvalue weighted by Crippen LogP contribution is -2.20. The molecule has 0 spiro atoms. The third-order valence-electron chi connectivity index (χ3n) is 6.07. The highest BCUT2D eigenvalue weighted by atomic mass is 79.9. The van der Waals surface area contributed by atoms with E-state index in [2.05, 4.69) is 54.9 Å². The zero-order valence-electron chi connectivity index (χ0n) is 20.8. The molecule has 3 aromatic heterocycles. The lowest BCUT2D eigenvalue weighted by Gasteiger charge is -2.11. The highest BCUT2D eigenvalue weighted by Crippen LogP contribution is 2.49. The molecule has 5 rings (SSSR count). The molecule has 0 fully saturated rings. The number of aromatic nitrogens is 3. The molecule has 5 aromatic rings. The fourth-order valence-corrected chi connectivity index (χ4v) is 5.91. The van der Waals surface area contributed by atoms with Gasteiger partial charge in [-0.3, -0.25) is 4.79 Å². The van der Waals surface area contributed by atoms with E-state index >= 15 is 0 Å². The molecular weight excluding hydrogens is 562 g/mol. The van der Waals surface area contributed by atoms with Gasteiger partial charge in [-0.1, -0.05) is 36.9 Å². The van der Waals surface area contributed by atoms with Crippen LogP contribution in [0.1, 0.15) is 16.8 Å². The number of carbonyl (C=O) groups is 1. The predicted molar refractivity (Wildman–Crippen MR) is 156 cm³/mol. The van der Waals surface area contributed by atoms with Crippen molar-refractivity contribution in [3.8, 4) is 33.3 Å². The maximum absolute atomic E-state index is 11.6. The number of nitrogen functional groups attached to an aromatic ring is 1. The molecule has 0 unspecified atom stereocenters. The minimum absolute atomic E-state index is 0.200. The average molecular weight is 587 g/mol. The molecule has 0 aliphatic rings. The number of fused-ring (bicyclic) bond motifs is 1. The van der Waals surface area contributed by atoms with Crippen molar-refractivity contribution in [1.29, 1.82) is 0 Å². The number of halogens is 1. The molecule has 38 heavy (non-hydrogen) atoms. The third-order valence-corrected chi connectivity index (χ3v) is 8.20. The monoisotopic (exact) mass is 585 g/mol. The molecule has 0 aliphatic heterocycles. The Bertz CT molecular complexity index is 1680. The van der Waals surface area contributed by atoms with Crippen molar-refractivity contribution in [1.82, 2.24) is 20.3 Å². The number of aryl methyl sites for hydroxylation is 2. The van der Waals surface area contributed by atoms with Crippen LogP contribution in [-0.2, 0) is 11.3 Å². The maximum atomic E-state index is 11.6. The van der Waals surface area contributed by atoms with Gasteiger partial charge in [0, 0.05) is 40.5 Å². The Labute approximate surface area is 232 Å². The first kappa shape index (κ1) is 25.6. The normalized spacial score (nSPS) is 10.9. The van der Waals surface area contributed by atoms with Gasteiger partial charge in [-0.15, -0.1) is 11.3 Å². The van der Waals surface area contributed by atoms with Crippen LogP contribution in [0.5, 0.6) is 11.8 Å². The Morgan fingerprint density at radius 3 is 2.61 bits per heavy atom. The minimum atomic E-state index is -0.200. The van der Waals surface area contributed by atoms with E-state index < -0.39 is 0 Å². The molecule has 7 nitrogen and oxygen atoms in total. The second-order valence-corrected chi connectivity index (χ2v) is 10.5. The molecule has 2 aromatic carbocycles. The molecule has 0 saturated heterocycles. The van der Waals surface area contributed by atoms with E-state index in [0.29, 0.717) is 24.1 Å². The smallest absolute Gasteiger partial charge is 0.322 e. The summed E-state index contributed by atoms with van der Waals surface area (Å²) in [6.45, 7) is 7.87. The molecule has 0 aliphatic carbocycles. The molecule has 0 saturated carbocycles. The van der Waals surface area contributed by atoms with Crippen LogP contribution >= 0.6 is 27.3 Å². The van der Waals surface area contributed by atoms with Crippen molar-refractivity contribution in [2.24, 2.45) is 0 Å². The van der Waals surface area contributed by atoms with Gasteiger partial charge in [0.1, 0.15) is 11.6 Å². The lowest BCUT2D eigenvalue weighted by molar-refractivity contribution is -0.116. The maximum Gasteiger partial charge on any atom is 0.322 e. The van der Waals surface area contributed by atoms with Gasteiger partial charge in [-0.05, 0) is 76.3 Å². The number of benzene rings is 2. The summed E-state index contributed by atoms with van der Waals surface area (Å²) in [5.41, 5.74) is 12.4. The first-order valence-corrected chi connectivity index (χ1v) is 13.4. The highest BCUT2D eigenvalue weighted by molar-refractivity contribution is 9.10. The van der Waals surface area contributed by atoms with Crippen molar-refractivity contribution >= 4 is 49.1 Å². The number of pyridine rings is 1. The number of amides is 1. The number of thiophene rings is 1. The van der Waals surface area contributed by atoms with Crippen LogP contribution in [0.15, 0.2) is 78.1 Å². The topological polar surface area (TPSA) is 103 Å². The average Bonchev–Trinajstić information content (AvgIpc) is 3.32. The molecule has 1 amide bonds. The van der Waals surface area contributed by atoms with Gasteiger partial charge >= 0.3 is 6.01 Å². The Balaban J connectivity index is 1.57. The summed E-state index contributed by atoms with van der Waals surface area (Å²) in [7, 11) is 0. The SMILES string of the molecule is C=CC(=O)NCc1ccc(-c2sc3c(Br)cnc(N)c3c2-c2ccc(Oc3nccc(C)n3)cc2)cc1C. The van der Waals surface area contributed by atoms with Crippen molar-refractivity contribution < 1.29 is 9.53 Å². The largest absolute Gasteiger partial charge is 0.424 e. The molecule has 3 N–H and O–H groups in total. The first-order chi connectivity index (χ1) is 18.3. The number of nitrogens with zero attached hydrogens (tertiary/aromatic N) is 3. The van der Waals surface area contributed by atoms with Gasteiger partial charge < -0.3 is 15.8 Å². The number of carbonyl (C=O) groups excluding carboxylic acids is 1. The van der Waals surface area contributed by atoms with E-state index in [-0.39, 0.29) is 5.91 Å². The molecule has 9 heteroatoms. The number of ether oxygens (including phenoxy) is 1. The van der Waals surface area contributed by atoms with E-state index in [9.17, 15) is 4.79 Å². The first-order valence-electron chi connectivity index (χ1n) is 11.8. The molecular formula is C29H24BrN5O2S.